The van der Waals surface area contributed by atoms with Gasteiger partial charge in [0.2, 0.25) is 9.84 Å². The van der Waals surface area contributed by atoms with Crippen molar-refractivity contribution in [1.82, 2.24) is 0 Å². The van der Waals surface area contributed by atoms with Gasteiger partial charge in [-0.15, -0.1) is 0 Å². The van der Waals surface area contributed by atoms with E-state index >= 15 is 0 Å². The monoisotopic (exact) mass is 760 g/mol. The molecule has 2 atom stereocenters. The molecule has 4 fully saturated rings. The van der Waals surface area contributed by atoms with Crippen LogP contribution in [0.3, 0.4) is 0 Å². The molecule has 0 aromatic heterocycles. The van der Waals surface area contributed by atoms with Crippen molar-refractivity contribution in [1.29, 1.82) is 0 Å². The van der Waals surface area contributed by atoms with Crippen molar-refractivity contribution in [3.8, 4) is 28.7 Å². The van der Waals surface area contributed by atoms with Crippen LogP contribution in [0.5, 0.6) is 28.7 Å². The molecule has 4 saturated carbocycles. The van der Waals surface area contributed by atoms with E-state index in [1.165, 1.54) is 61.8 Å². The summed E-state index contributed by atoms with van der Waals surface area (Å²) < 4.78 is 44.7. The molecule has 10 rings (SSSR count). The van der Waals surface area contributed by atoms with Crippen LogP contribution in [0.1, 0.15) is 71.1 Å². The fourth-order valence-electron chi connectivity index (χ4n) is 10.1. The molecule has 4 aliphatic carbocycles. The highest BCUT2D eigenvalue weighted by atomic mass is 32.2. The normalized spacial score (nSPS) is 22.4. The maximum Gasteiger partial charge on any atom is 0.206 e. The molecule has 0 N–H and O–H groups in total. The largest absolute Gasteiger partial charge is 0.497 e. The standard InChI is InChI=1S/C49H44O6S/c1-33-3-5-36(6-4-33)47(50)37-7-13-41(14-8-37)54-43-19-23-45(24-20-43)56(51,52)46-25-21-44(22-26-46)55-42-17-11-39(12-18-42)49-30-34-27-35(31-49)29-48(28-34,32-49)38-9-15-40(53-2)16-10-38/h3-26,34-35H,27-32H2,1-2H3. The van der Waals surface area contributed by atoms with Gasteiger partial charge in [-0.25, -0.2) is 8.42 Å². The minimum atomic E-state index is -3.77. The highest BCUT2D eigenvalue weighted by Gasteiger charge is 2.58. The Morgan fingerprint density at radius 3 is 1.29 bits per heavy atom. The first kappa shape index (κ1) is 36.0. The first-order valence-electron chi connectivity index (χ1n) is 19.4. The summed E-state index contributed by atoms with van der Waals surface area (Å²) in [5.41, 5.74) is 5.54. The first-order chi connectivity index (χ1) is 27.1. The summed E-state index contributed by atoms with van der Waals surface area (Å²) >= 11 is 0. The quantitative estimate of drug-likeness (QED) is 0.122. The highest BCUT2D eigenvalue weighted by Crippen LogP contribution is 2.66. The topological polar surface area (TPSA) is 78.9 Å². The Bertz CT molecular complexity index is 2460. The lowest BCUT2D eigenvalue weighted by Crippen LogP contribution is -2.55. The van der Waals surface area contributed by atoms with Gasteiger partial charge in [-0.2, -0.15) is 0 Å². The van der Waals surface area contributed by atoms with E-state index in [0.29, 0.717) is 28.4 Å². The van der Waals surface area contributed by atoms with Crippen molar-refractivity contribution in [2.75, 3.05) is 7.11 Å². The van der Waals surface area contributed by atoms with Crippen LogP contribution in [0.4, 0.5) is 0 Å². The summed E-state index contributed by atoms with van der Waals surface area (Å²) in [5, 5.41) is 0. The molecular weight excluding hydrogens is 717 g/mol. The Morgan fingerprint density at radius 2 is 0.875 bits per heavy atom. The summed E-state index contributed by atoms with van der Waals surface area (Å²) in [7, 11) is -2.05. The lowest BCUT2D eigenvalue weighted by atomic mass is 9.42. The Labute approximate surface area is 329 Å². The molecule has 0 spiro atoms. The van der Waals surface area contributed by atoms with Gasteiger partial charge in [0.1, 0.15) is 28.7 Å². The van der Waals surface area contributed by atoms with Crippen LogP contribution in [0.2, 0.25) is 0 Å². The number of ketones is 1. The second-order valence-corrected chi connectivity index (χ2v) is 18.1. The summed E-state index contributed by atoms with van der Waals surface area (Å²) in [4.78, 5) is 13.2. The number of benzene rings is 6. The number of ether oxygens (including phenoxy) is 3. The Morgan fingerprint density at radius 1 is 0.518 bits per heavy atom. The molecule has 6 nitrogen and oxygen atoms in total. The fourth-order valence-corrected chi connectivity index (χ4v) is 11.3. The fraction of sp³-hybridized carbons (Fsp3) is 0.245. The number of methoxy groups -OCH3 is 1. The van der Waals surface area contributed by atoms with Crippen LogP contribution in [-0.4, -0.2) is 21.3 Å². The van der Waals surface area contributed by atoms with Gasteiger partial charge in [0, 0.05) is 11.1 Å². The number of carbonyl (C=O) groups is 1. The number of carbonyl (C=O) groups excluding carboxylic acids is 1. The Kier molecular flexibility index (Phi) is 9.08. The molecule has 4 aliphatic rings. The van der Waals surface area contributed by atoms with Crippen molar-refractivity contribution in [2.45, 2.75) is 66.1 Å². The zero-order valence-corrected chi connectivity index (χ0v) is 32.4. The average molecular weight is 761 g/mol. The predicted octanol–water partition coefficient (Wildman–Crippen LogP) is 11.4. The molecule has 4 bridgehead atoms. The van der Waals surface area contributed by atoms with E-state index in [2.05, 4.69) is 48.5 Å². The molecular formula is C49H44O6S. The van der Waals surface area contributed by atoms with E-state index in [9.17, 15) is 13.2 Å². The molecule has 282 valence electrons. The molecule has 0 heterocycles. The van der Waals surface area contributed by atoms with Crippen molar-refractivity contribution in [2.24, 2.45) is 11.8 Å². The van der Waals surface area contributed by atoms with Gasteiger partial charge in [0.25, 0.3) is 0 Å². The SMILES string of the molecule is COc1ccc(C23CC4CC(C2)CC(c2ccc(Oc5ccc(S(=O)(=O)c6ccc(Oc7ccc(C(=O)c8ccc(C)cc8)cc7)cc6)cc5)cc2)(C4)C3)cc1. The van der Waals surface area contributed by atoms with Gasteiger partial charge in [0.05, 0.1) is 16.9 Å². The van der Waals surface area contributed by atoms with Crippen LogP contribution >= 0.6 is 0 Å². The zero-order valence-electron chi connectivity index (χ0n) is 31.6. The molecule has 0 radical (unpaired) electrons. The first-order valence-corrected chi connectivity index (χ1v) is 20.9. The van der Waals surface area contributed by atoms with Crippen molar-refractivity contribution >= 4 is 15.6 Å². The van der Waals surface area contributed by atoms with Gasteiger partial charge in [-0.3, -0.25) is 4.79 Å². The van der Waals surface area contributed by atoms with Crippen molar-refractivity contribution < 1.29 is 27.4 Å². The second kappa shape index (κ2) is 14.1. The van der Waals surface area contributed by atoms with E-state index in [-0.39, 0.29) is 26.4 Å². The lowest BCUT2D eigenvalue weighted by molar-refractivity contribution is -0.0281. The van der Waals surface area contributed by atoms with Gasteiger partial charge in [-0.05, 0) is 176 Å². The van der Waals surface area contributed by atoms with E-state index in [0.717, 1.165) is 28.9 Å². The number of aryl methyl sites for hydroxylation is 1. The van der Waals surface area contributed by atoms with Crippen LogP contribution in [0.25, 0.3) is 0 Å². The summed E-state index contributed by atoms with van der Waals surface area (Å²) in [6.45, 7) is 1.98. The van der Waals surface area contributed by atoms with Gasteiger partial charge in [0.15, 0.2) is 5.78 Å². The molecule has 6 aromatic rings. The van der Waals surface area contributed by atoms with Crippen molar-refractivity contribution in [3.63, 3.8) is 0 Å². The van der Waals surface area contributed by atoms with Crippen LogP contribution < -0.4 is 14.2 Å². The van der Waals surface area contributed by atoms with Crippen LogP contribution in [-0.2, 0) is 20.7 Å². The number of sulfone groups is 1. The lowest BCUT2D eigenvalue weighted by Gasteiger charge is -2.62. The molecule has 0 amide bonds. The van der Waals surface area contributed by atoms with Crippen LogP contribution in [0.15, 0.2) is 155 Å². The van der Waals surface area contributed by atoms with Gasteiger partial charge >= 0.3 is 0 Å². The van der Waals surface area contributed by atoms with Gasteiger partial charge in [-0.1, -0.05) is 54.1 Å². The number of rotatable bonds is 11. The highest BCUT2D eigenvalue weighted by molar-refractivity contribution is 7.91. The molecule has 6 aromatic carbocycles. The molecule has 56 heavy (non-hydrogen) atoms. The van der Waals surface area contributed by atoms with E-state index in [1.807, 2.05) is 31.2 Å². The maximum absolute atomic E-state index is 13.5. The van der Waals surface area contributed by atoms with E-state index in [4.69, 9.17) is 14.2 Å². The summed E-state index contributed by atoms with van der Waals surface area (Å²) in [5.74, 6) is 4.67. The van der Waals surface area contributed by atoms with Crippen molar-refractivity contribution in [3.05, 3.63) is 173 Å². The third-order valence-corrected chi connectivity index (χ3v) is 14.2. The Hall–Kier alpha value is -5.66. The third kappa shape index (κ3) is 6.79. The summed E-state index contributed by atoms with van der Waals surface area (Å²) in [6.07, 6.45) is 7.58. The predicted molar refractivity (Wildman–Crippen MR) is 217 cm³/mol. The smallest absolute Gasteiger partial charge is 0.206 e. The molecule has 7 heteroatoms. The number of hydrogen-bond acceptors (Lipinski definition) is 6. The zero-order chi connectivity index (χ0) is 38.5. The second-order valence-electron chi connectivity index (χ2n) is 16.1. The average Bonchev–Trinajstić information content (AvgIpc) is 3.21. The van der Waals surface area contributed by atoms with Gasteiger partial charge < -0.3 is 14.2 Å². The third-order valence-electron chi connectivity index (χ3n) is 12.4. The van der Waals surface area contributed by atoms with E-state index in [1.54, 1.807) is 67.8 Å². The molecule has 0 saturated heterocycles. The molecule has 0 aliphatic heterocycles. The summed E-state index contributed by atoms with van der Waals surface area (Å²) in [6, 6.07) is 44.7. The Balaban J connectivity index is 0.838. The minimum absolute atomic E-state index is 0.0632. The van der Waals surface area contributed by atoms with Crippen LogP contribution in [0, 0.1) is 18.8 Å². The maximum atomic E-state index is 13.5. The number of hydrogen-bond donors (Lipinski definition) is 0. The van der Waals surface area contributed by atoms with E-state index < -0.39 is 9.84 Å². The minimum Gasteiger partial charge on any atom is -0.497 e. The molecule has 2 unspecified atom stereocenters.